The molecule has 0 aliphatic carbocycles. The second-order valence-electron chi connectivity index (χ2n) is 5.36. The van der Waals surface area contributed by atoms with Gasteiger partial charge in [0.2, 0.25) is 0 Å². The number of benzene rings is 1. The van der Waals surface area contributed by atoms with Gasteiger partial charge in [-0.3, -0.25) is 4.79 Å². The van der Waals surface area contributed by atoms with Crippen LogP contribution in [0.2, 0.25) is 0 Å². The average Bonchev–Trinajstić information content (AvgIpc) is 2.55. The predicted molar refractivity (Wildman–Crippen MR) is 88.2 cm³/mol. The summed E-state index contributed by atoms with van der Waals surface area (Å²) >= 11 is 0. The van der Waals surface area contributed by atoms with Gasteiger partial charge in [-0.05, 0) is 36.2 Å². The fraction of sp³-hybridized carbons (Fsp3) is 0.333. The van der Waals surface area contributed by atoms with E-state index < -0.39 is 5.97 Å². The lowest BCUT2D eigenvalue weighted by atomic mass is 10.1. The molecule has 23 heavy (non-hydrogen) atoms. The van der Waals surface area contributed by atoms with Crippen molar-refractivity contribution in [2.45, 2.75) is 32.7 Å². The van der Waals surface area contributed by atoms with Gasteiger partial charge in [-0.25, -0.2) is 4.79 Å². The summed E-state index contributed by atoms with van der Waals surface area (Å²) in [5.74, 6) is -0.609. The third kappa shape index (κ3) is 4.71. The second kappa shape index (κ2) is 8.17. The van der Waals surface area contributed by atoms with E-state index in [1.54, 1.807) is 35.0 Å². The van der Waals surface area contributed by atoms with Crippen LogP contribution in [0.4, 0.5) is 0 Å². The molecule has 0 aliphatic rings. The summed E-state index contributed by atoms with van der Waals surface area (Å²) in [6.07, 6.45) is 4.82. The Bertz CT molecular complexity index is 704. The number of hydrogen-bond donors (Lipinski definition) is 1. The van der Waals surface area contributed by atoms with Crippen LogP contribution in [0.3, 0.4) is 0 Å². The third-order valence-corrected chi connectivity index (χ3v) is 3.54. The van der Waals surface area contributed by atoms with E-state index in [2.05, 4.69) is 6.92 Å². The summed E-state index contributed by atoms with van der Waals surface area (Å²) in [7, 11) is 0. The molecule has 0 unspecified atom stereocenters. The average molecular weight is 315 g/mol. The van der Waals surface area contributed by atoms with Gasteiger partial charge < -0.3 is 14.4 Å². The number of hydrogen-bond acceptors (Lipinski definition) is 3. The van der Waals surface area contributed by atoms with Crippen molar-refractivity contribution in [3.05, 3.63) is 64.1 Å². The lowest BCUT2D eigenvalue weighted by Gasteiger charge is -2.10. The van der Waals surface area contributed by atoms with Crippen molar-refractivity contribution in [2.24, 2.45) is 0 Å². The summed E-state index contributed by atoms with van der Waals surface area (Å²) in [5.41, 5.74) is 0.917. The van der Waals surface area contributed by atoms with E-state index in [9.17, 15) is 9.59 Å². The van der Waals surface area contributed by atoms with Crippen molar-refractivity contribution >= 4 is 5.97 Å². The van der Waals surface area contributed by atoms with E-state index in [-0.39, 0.29) is 11.1 Å². The maximum Gasteiger partial charge on any atom is 0.335 e. The van der Waals surface area contributed by atoms with Crippen LogP contribution in [0, 0.1) is 0 Å². The number of pyridine rings is 1. The first-order chi connectivity index (χ1) is 11.1. The second-order valence-corrected chi connectivity index (χ2v) is 5.36. The molecule has 0 aliphatic heterocycles. The van der Waals surface area contributed by atoms with Crippen molar-refractivity contribution in [2.75, 3.05) is 6.61 Å². The molecule has 2 aromatic rings. The molecule has 5 heteroatoms. The van der Waals surface area contributed by atoms with Crippen LogP contribution in [0.5, 0.6) is 5.75 Å². The van der Waals surface area contributed by atoms with Crippen molar-refractivity contribution in [1.82, 2.24) is 4.57 Å². The Kier molecular flexibility index (Phi) is 5.97. The zero-order valence-electron chi connectivity index (χ0n) is 13.2. The zero-order valence-corrected chi connectivity index (χ0v) is 13.2. The van der Waals surface area contributed by atoms with Gasteiger partial charge in [0, 0.05) is 6.20 Å². The first-order valence-electron chi connectivity index (χ1n) is 7.76. The molecule has 0 bridgehead atoms. The summed E-state index contributed by atoms with van der Waals surface area (Å²) in [4.78, 5) is 23.2. The van der Waals surface area contributed by atoms with Crippen molar-refractivity contribution in [1.29, 1.82) is 0 Å². The highest BCUT2D eigenvalue weighted by molar-refractivity contribution is 5.87. The van der Waals surface area contributed by atoms with Gasteiger partial charge in [0.15, 0.2) is 5.75 Å². The van der Waals surface area contributed by atoms with E-state index in [4.69, 9.17) is 9.84 Å². The van der Waals surface area contributed by atoms with Gasteiger partial charge in [-0.15, -0.1) is 0 Å². The quantitative estimate of drug-likeness (QED) is 0.760. The third-order valence-electron chi connectivity index (χ3n) is 3.54. The fourth-order valence-corrected chi connectivity index (χ4v) is 2.23. The number of carboxylic acid groups (broad SMARTS) is 1. The molecule has 0 spiro atoms. The Labute approximate surface area is 135 Å². The highest BCUT2D eigenvalue weighted by atomic mass is 16.5. The molecule has 0 fully saturated rings. The standard InChI is InChI=1S/C18H21NO4/c1-2-3-4-12-23-16-6-5-11-19(17(16)20)13-14-7-9-15(10-8-14)18(21)22/h5-11H,2-4,12-13H2,1H3,(H,21,22). The molecule has 0 atom stereocenters. The van der Waals surface area contributed by atoms with Gasteiger partial charge in [0.05, 0.1) is 18.7 Å². The minimum Gasteiger partial charge on any atom is -0.488 e. The van der Waals surface area contributed by atoms with E-state index >= 15 is 0 Å². The number of aromatic nitrogens is 1. The number of nitrogens with zero attached hydrogens (tertiary/aromatic N) is 1. The first kappa shape index (κ1) is 16.8. The highest BCUT2D eigenvalue weighted by Gasteiger charge is 2.06. The first-order valence-corrected chi connectivity index (χ1v) is 7.76. The van der Waals surface area contributed by atoms with Crippen LogP contribution < -0.4 is 10.3 Å². The van der Waals surface area contributed by atoms with Gasteiger partial charge in [0.25, 0.3) is 5.56 Å². The normalized spacial score (nSPS) is 10.5. The van der Waals surface area contributed by atoms with Gasteiger partial charge >= 0.3 is 5.97 Å². The molecule has 0 saturated heterocycles. The Hall–Kier alpha value is -2.56. The van der Waals surface area contributed by atoms with E-state index in [0.717, 1.165) is 24.8 Å². The van der Waals surface area contributed by atoms with E-state index in [0.29, 0.717) is 18.9 Å². The van der Waals surface area contributed by atoms with Crippen LogP contribution in [0.15, 0.2) is 47.4 Å². The monoisotopic (exact) mass is 315 g/mol. The topological polar surface area (TPSA) is 68.5 Å². The summed E-state index contributed by atoms with van der Waals surface area (Å²) in [6, 6.07) is 9.96. The summed E-state index contributed by atoms with van der Waals surface area (Å²) < 4.78 is 7.12. The lowest BCUT2D eigenvalue weighted by molar-refractivity contribution is 0.0697. The minimum absolute atomic E-state index is 0.175. The van der Waals surface area contributed by atoms with E-state index in [1.807, 2.05) is 0 Å². The maximum absolute atomic E-state index is 12.4. The molecular weight excluding hydrogens is 294 g/mol. The van der Waals surface area contributed by atoms with Crippen LogP contribution >= 0.6 is 0 Å². The highest BCUT2D eigenvalue weighted by Crippen LogP contribution is 2.08. The van der Waals surface area contributed by atoms with E-state index in [1.165, 1.54) is 12.1 Å². The van der Waals surface area contributed by atoms with Crippen LogP contribution in [0.1, 0.15) is 42.1 Å². The van der Waals surface area contributed by atoms with Gasteiger partial charge in [-0.2, -0.15) is 0 Å². The number of carbonyl (C=O) groups is 1. The lowest BCUT2D eigenvalue weighted by Crippen LogP contribution is -2.22. The maximum atomic E-state index is 12.4. The number of ether oxygens (including phenoxy) is 1. The van der Waals surface area contributed by atoms with Crippen molar-refractivity contribution < 1.29 is 14.6 Å². The Morgan fingerprint density at radius 2 is 1.91 bits per heavy atom. The number of rotatable bonds is 8. The molecular formula is C18H21NO4. The number of unbranched alkanes of at least 4 members (excludes halogenated alkanes) is 2. The Morgan fingerprint density at radius 1 is 1.17 bits per heavy atom. The fourth-order valence-electron chi connectivity index (χ4n) is 2.23. The van der Waals surface area contributed by atoms with Gasteiger partial charge in [-0.1, -0.05) is 31.9 Å². The molecule has 2 rings (SSSR count). The molecule has 0 amide bonds. The summed E-state index contributed by atoms with van der Waals surface area (Å²) in [6.45, 7) is 3.04. The Balaban J connectivity index is 2.08. The number of aromatic carboxylic acids is 1. The minimum atomic E-state index is -0.962. The predicted octanol–water partition coefficient (Wildman–Crippen LogP) is 3.16. The van der Waals surface area contributed by atoms with Gasteiger partial charge in [0.1, 0.15) is 0 Å². The molecule has 1 N–H and O–H groups in total. The van der Waals surface area contributed by atoms with Crippen molar-refractivity contribution in [3.63, 3.8) is 0 Å². The zero-order chi connectivity index (χ0) is 16.7. The molecule has 1 aromatic heterocycles. The van der Waals surface area contributed by atoms with Crippen LogP contribution in [0.25, 0.3) is 0 Å². The van der Waals surface area contributed by atoms with Crippen molar-refractivity contribution in [3.8, 4) is 5.75 Å². The molecule has 0 radical (unpaired) electrons. The van der Waals surface area contributed by atoms with Crippen LogP contribution in [-0.4, -0.2) is 22.2 Å². The molecule has 1 aromatic carbocycles. The molecule has 1 heterocycles. The molecule has 5 nitrogen and oxygen atoms in total. The molecule has 122 valence electrons. The SMILES string of the molecule is CCCCCOc1cccn(Cc2ccc(C(=O)O)cc2)c1=O. The summed E-state index contributed by atoms with van der Waals surface area (Å²) in [5, 5.41) is 8.89. The Morgan fingerprint density at radius 3 is 2.57 bits per heavy atom. The smallest absolute Gasteiger partial charge is 0.335 e. The van der Waals surface area contributed by atoms with Crippen LogP contribution in [-0.2, 0) is 6.54 Å². The largest absolute Gasteiger partial charge is 0.488 e. The molecule has 0 saturated carbocycles. The number of carboxylic acids is 1.